The molecule has 0 aromatic heterocycles. The Bertz CT molecular complexity index is 759. The van der Waals surface area contributed by atoms with Crippen molar-refractivity contribution in [2.45, 2.75) is 31.8 Å². The minimum atomic E-state index is -3.10. The second-order valence-electron chi connectivity index (χ2n) is 6.52. The highest BCUT2D eigenvalue weighted by Gasteiger charge is 2.44. The fourth-order valence-electron chi connectivity index (χ4n) is 2.82. The van der Waals surface area contributed by atoms with Gasteiger partial charge in [0, 0.05) is 0 Å². The highest BCUT2D eigenvalue weighted by molar-refractivity contribution is 5.78. The van der Waals surface area contributed by atoms with E-state index in [9.17, 15) is 18.7 Å². The topological polar surface area (TPSA) is 69.6 Å². The van der Waals surface area contributed by atoms with Crippen molar-refractivity contribution < 1.29 is 23.9 Å². The number of halogens is 2. The predicted molar refractivity (Wildman–Crippen MR) is 100 cm³/mol. The average molecular weight is 375 g/mol. The van der Waals surface area contributed by atoms with Gasteiger partial charge in [-0.15, -0.1) is 0 Å². The second kappa shape index (κ2) is 9.39. The van der Waals surface area contributed by atoms with Crippen molar-refractivity contribution >= 4 is 12.0 Å². The third kappa shape index (κ3) is 5.45. The number of benzene rings is 2. The van der Waals surface area contributed by atoms with Crippen LogP contribution in [0.2, 0.25) is 0 Å². The molecule has 0 radical (unpaired) electrons. The molecule has 0 aliphatic heterocycles. The molecule has 0 unspecified atom stereocenters. The normalized spacial score (nSPS) is 14.9. The molecule has 0 saturated carbocycles. The third-order valence-electron chi connectivity index (χ3n) is 4.52. The van der Waals surface area contributed by atoms with E-state index in [2.05, 4.69) is 0 Å². The van der Waals surface area contributed by atoms with Gasteiger partial charge in [0.2, 0.25) is 5.91 Å². The van der Waals surface area contributed by atoms with Gasteiger partial charge in [-0.2, -0.15) is 0 Å². The van der Waals surface area contributed by atoms with E-state index < -0.39 is 23.9 Å². The predicted octanol–water partition coefficient (Wildman–Crippen LogP) is 4.28. The summed E-state index contributed by atoms with van der Waals surface area (Å²) in [4.78, 5) is 11.6. The Morgan fingerprint density at radius 2 is 1.70 bits per heavy atom. The van der Waals surface area contributed by atoms with Crippen LogP contribution in [0.15, 0.2) is 60.7 Å². The maximum Gasteiger partial charge on any atom is 0.267 e. The van der Waals surface area contributed by atoms with Crippen LogP contribution in [0.25, 0.3) is 17.2 Å². The number of carbonyl (C=O) groups excluding carboxylic acids is 1. The Morgan fingerprint density at radius 1 is 1.11 bits per heavy atom. The Labute approximate surface area is 157 Å². The fraction of sp³-hybridized carbons (Fsp3) is 0.286. The van der Waals surface area contributed by atoms with E-state index in [1.807, 2.05) is 60.7 Å². The summed E-state index contributed by atoms with van der Waals surface area (Å²) in [6, 6.07) is 17.8. The van der Waals surface area contributed by atoms with Crippen LogP contribution in [0.1, 0.15) is 25.3 Å². The number of nitrogens with one attached hydrogen (secondary N) is 1. The van der Waals surface area contributed by atoms with Crippen molar-refractivity contribution in [2.75, 3.05) is 0 Å². The zero-order valence-corrected chi connectivity index (χ0v) is 15.0. The molecule has 1 amide bonds. The van der Waals surface area contributed by atoms with Crippen molar-refractivity contribution in [2.24, 2.45) is 5.92 Å². The number of carbonyl (C=O) groups is 1. The van der Waals surface area contributed by atoms with Gasteiger partial charge in [0.1, 0.15) is 5.60 Å². The molecule has 0 spiro atoms. The van der Waals surface area contributed by atoms with Gasteiger partial charge >= 0.3 is 0 Å². The van der Waals surface area contributed by atoms with Gasteiger partial charge in [-0.3, -0.25) is 10.0 Å². The van der Waals surface area contributed by atoms with Crippen LogP contribution < -0.4 is 5.48 Å². The highest BCUT2D eigenvalue weighted by atomic mass is 19.3. The summed E-state index contributed by atoms with van der Waals surface area (Å²) < 4.78 is 26.0. The number of hydrogen-bond donors (Lipinski definition) is 3. The maximum atomic E-state index is 13.0. The molecule has 0 fully saturated rings. The maximum absolute atomic E-state index is 13.0. The molecule has 0 aliphatic carbocycles. The smallest absolute Gasteiger partial charge is 0.267 e. The molecule has 2 atom stereocenters. The van der Waals surface area contributed by atoms with Crippen LogP contribution in [0.4, 0.5) is 8.78 Å². The molecule has 0 heterocycles. The second-order valence-corrected chi connectivity index (χ2v) is 6.52. The zero-order chi connectivity index (χ0) is 19.9. The first-order valence-corrected chi connectivity index (χ1v) is 8.62. The molecule has 0 saturated heterocycles. The molecule has 6 heteroatoms. The summed E-state index contributed by atoms with van der Waals surface area (Å²) in [6.45, 7) is 0.892. The van der Waals surface area contributed by atoms with Crippen LogP contribution in [-0.4, -0.2) is 28.2 Å². The lowest BCUT2D eigenvalue weighted by Gasteiger charge is -2.30. The van der Waals surface area contributed by atoms with Crippen LogP contribution in [-0.2, 0) is 4.79 Å². The number of alkyl halides is 2. The highest BCUT2D eigenvalue weighted by Crippen LogP contribution is 2.29. The third-order valence-corrected chi connectivity index (χ3v) is 4.52. The first-order valence-electron chi connectivity index (χ1n) is 8.62. The number of amides is 1. The molecule has 0 bridgehead atoms. The van der Waals surface area contributed by atoms with Gasteiger partial charge in [0.05, 0.1) is 5.92 Å². The van der Waals surface area contributed by atoms with Gasteiger partial charge in [-0.05, 0) is 36.5 Å². The summed E-state index contributed by atoms with van der Waals surface area (Å²) in [5, 5.41) is 18.6. The summed E-state index contributed by atoms with van der Waals surface area (Å²) in [7, 11) is 0. The van der Waals surface area contributed by atoms with E-state index in [1.54, 1.807) is 6.08 Å². The van der Waals surface area contributed by atoms with E-state index in [1.165, 1.54) is 5.48 Å². The van der Waals surface area contributed by atoms with Crippen LogP contribution in [0, 0.1) is 5.92 Å². The molecule has 2 rings (SSSR count). The Balaban J connectivity index is 1.98. The van der Waals surface area contributed by atoms with Crippen molar-refractivity contribution in [1.82, 2.24) is 5.48 Å². The minimum Gasteiger partial charge on any atom is -0.383 e. The van der Waals surface area contributed by atoms with E-state index in [0.29, 0.717) is 6.42 Å². The van der Waals surface area contributed by atoms with Gasteiger partial charge in [-0.25, -0.2) is 14.3 Å². The van der Waals surface area contributed by atoms with E-state index in [-0.39, 0.29) is 6.42 Å². The van der Waals surface area contributed by atoms with Crippen LogP contribution in [0.3, 0.4) is 0 Å². The monoisotopic (exact) mass is 375 g/mol. The number of hydrogen-bond acceptors (Lipinski definition) is 3. The standard InChI is InChI=1S/C21H23F2NO3/c1-21(26,20(22)23)18(19(25)24-27)10-6-5-7-15-11-13-17(14-12-15)16-8-3-2-4-9-16/h2-5,7-9,11-14,18,20,26-27H,6,10H2,1H3,(H,24,25)/b7-5+/t18-,21+/m1/s1. The number of allylic oxidation sites excluding steroid dienone is 1. The van der Waals surface area contributed by atoms with Crippen molar-refractivity contribution in [3.63, 3.8) is 0 Å². The lowest BCUT2D eigenvalue weighted by molar-refractivity contribution is -0.159. The molecule has 27 heavy (non-hydrogen) atoms. The quantitative estimate of drug-likeness (QED) is 0.476. The summed E-state index contributed by atoms with van der Waals surface area (Å²) in [5.41, 5.74) is 1.96. The molecular weight excluding hydrogens is 352 g/mol. The Kier molecular flexibility index (Phi) is 7.21. The molecule has 3 N–H and O–H groups in total. The molecule has 2 aromatic rings. The minimum absolute atomic E-state index is 0.0255. The Morgan fingerprint density at radius 3 is 2.26 bits per heavy atom. The number of aliphatic hydroxyl groups is 1. The molecule has 4 nitrogen and oxygen atoms in total. The van der Waals surface area contributed by atoms with Crippen LogP contribution >= 0.6 is 0 Å². The lowest BCUT2D eigenvalue weighted by Crippen LogP contribution is -2.49. The van der Waals surface area contributed by atoms with Crippen molar-refractivity contribution in [3.8, 4) is 11.1 Å². The van der Waals surface area contributed by atoms with Crippen molar-refractivity contribution in [1.29, 1.82) is 0 Å². The SMILES string of the molecule is C[C@@](O)(C(F)F)[C@H](CC/C=C/c1ccc(-c2ccccc2)cc1)C(=O)NO. The lowest BCUT2D eigenvalue weighted by atomic mass is 9.85. The van der Waals surface area contributed by atoms with Gasteiger partial charge < -0.3 is 5.11 Å². The summed E-state index contributed by atoms with van der Waals surface area (Å²) in [5.74, 6) is -2.45. The van der Waals surface area contributed by atoms with Gasteiger partial charge in [-0.1, -0.05) is 66.7 Å². The number of hydroxylamine groups is 1. The number of rotatable bonds is 8. The summed E-state index contributed by atoms with van der Waals surface area (Å²) >= 11 is 0. The average Bonchev–Trinajstić information content (AvgIpc) is 2.68. The van der Waals surface area contributed by atoms with E-state index in [0.717, 1.165) is 23.6 Å². The Hall–Kier alpha value is -2.57. The van der Waals surface area contributed by atoms with E-state index in [4.69, 9.17) is 5.21 Å². The summed E-state index contributed by atoms with van der Waals surface area (Å²) in [6.07, 6.45) is 0.731. The van der Waals surface area contributed by atoms with Gasteiger partial charge in [0.25, 0.3) is 6.43 Å². The largest absolute Gasteiger partial charge is 0.383 e. The first kappa shape index (κ1) is 20.7. The molecule has 0 aliphatic rings. The van der Waals surface area contributed by atoms with Crippen LogP contribution in [0.5, 0.6) is 0 Å². The van der Waals surface area contributed by atoms with Crippen molar-refractivity contribution in [3.05, 3.63) is 66.2 Å². The zero-order valence-electron chi connectivity index (χ0n) is 15.0. The molecule has 2 aromatic carbocycles. The van der Waals surface area contributed by atoms with Gasteiger partial charge in [0.15, 0.2) is 0 Å². The fourth-order valence-corrected chi connectivity index (χ4v) is 2.82. The molecular formula is C21H23F2NO3. The van der Waals surface area contributed by atoms with E-state index >= 15 is 0 Å². The first-order chi connectivity index (χ1) is 12.9. The molecule has 144 valence electrons.